The minimum absolute atomic E-state index is 0.0190. The van der Waals surface area contributed by atoms with Crippen LogP contribution in [0.4, 0.5) is 24.7 Å². The van der Waals surface area contributed by atoms with Crippen LogP contribution in [0.5, 0.6) is 5.88 Å². The van der Waals surface area contributed by atoms with E-state index in [4.69, 9.17) is 10.5 Å². The van der Waals surface area contributed by atoms with Crippen molar-refractivity contribution in [3.8, 4) is 5.88 Å². The van der Waals surface area contributed by atoms with Gasteiger partial charge in [-0.3, -0.25) is 4.79 Å². The summed E-state index contributed by atoms with van der Waals surface area (Å²) >= 11 is 0. The largest absolute Gasteiger partial charge is 0.481 e. The second-order valence-corrected chi connectivity index (χ2v) is 7.42. The van der Waals surface area contributed by atoms with Crippen LogP contribution in [0.2, 0.25) is 0 Å². The van der Waals surface area contributed by atoms with Crippen molar-refractivity contribution in [1.29, 1.82) is 0 Å². The van der Waals surface area contributed by atoms with Gasteiger partial charge in [-0.1, -0.05) is 18.6 Å². The Balaban J connectivity index is 1.69. The molecule has 0 aliphatic heterocycles. The van der Waals surface area contributed by atoms with E-state index >= 15 is 0 Å². The van der Waals surface area contributed by atoms with Gasteiger partial charge in [0.05, 0.1) is 19.0 Å². The number of nitrogens with one attached hydrogen (secondary N) is 1. The van der Waals surface area contributed by atoms with Crippen molar-refractivity contribution in [3.63, 3.8) is 0 Å². The average Bonchev–Trinajstić information content (AvgIpc) is 2.75. The predicted molar refractivity (Wildman–Crippen MR) is 112 cm³/mol. The molecule has 1 aliphatic rings. The molecule has 1 amide bonds. The number of amides is 1. The second kappa shape index (κ2) is 9.36. The summed E-state index contributed by atoms with van der Waals surface area (Å²) in [7, 11) is 1.52. The third-order valence-electron chi connectivity index (χ3n) is 5.53. The van der Waals surface area contributed by atoms with Gasteiger partial charge in [0.15, 0.2) is 0 Å². The number of nitrogens with two attached hydrogens (primary N) is 1. The van der Waals surface area contributed by atoms with E-state index in [1.54, 1.807) is 12.1 Å². The van der Waals surface area contributed by atoms with Crippen LogP contribution >= 0.6 is 0 Å². The summed E-state index contributed by atoms with van der Waals surface area (Å²) in [5.41, 5.74) is 7.85. The number of hydrogen-bond acceptors (Lipinski definition) is 5. The maximum atomic E-state index is 12.8. The summed E-state index contributed by atoms with van der Waals surface area (Å²) < 4.78 is 43.5. The molecule has 2 heterocycles. The number of alkyl halides is 3. The fraction of sp³-hybridized carbons (Fsp3) is 0.409. The van der Waals surface area contributed by atoms with Crippen LogP contribution in [0.3, 0.4) is 0 Å². The quantitative estimate of drug-likeness (QED) is 0.640. The van der Waals surface area contributed by atoms with Gasteiger partial charge in [-0.05, 0) is 55.7 Å². The van der Waals surface area contributed by atoms with Gasteiger partial charge in [0.1, 0.15) is 11.5 Å². The zero-order valence-electron chi connectivity index (χ0n) is 17.4. The molecule has 1 fully saturated rings. The smallest absolute Gasteiger partial charge is 0.433 e. The standard InChI is InChI=1S/C22H25F3N4O2/c1-3-16(21(30)28-15-8-11-19(31-2)27-12-15)13-4-6-14(7-5-13)17-9-10-18(22(23,24)25)29-20(17)26/h8-12,14H,3-7H2,1-2H3,(H2,26,29)(H,28,30). The minimum Gasteiger partial charge on any atom is -0.481 e. The highest BCUT2D eigenvalue weighted by atomic mass is 19.4. The molecule has 0 spiro atoms. The third-order valence-corrected chi connectivity index (χ3v) is 5.53. The number of nitrogen functional groups attached to an aromatic ring is 1. The van der Waals surface area contributed by atoms with Gasteiger partial charge >= 0.3 is 6.18 Å². The number of hydrogen-bond donors (Lipinski definition) is 2. The first-order valence-corrected chi connectivity index (χ1v) is 10.1. The molecule has 3 N–H and O–H groups in total. The zero-order chi connectivity index (χ0) is 22.6. The number of carbonyl (C=O) groups excluding carboxylic acids is 1. The highest BCUT2D eigenvalue weighted by Crippen LogP contribution is 2.40. The normalized spacial score (nSPS) is 16.7. The summed E-state index contributed by atoms with van der Waals surface area (Å²) in [6.45, 7) is 1.93. The van der Waals surface area contributed by atoms with Crippen molar-refractivity contribution < 1.29 is 22.7 Å². The van der Waals surface area contributed by atoms with E-state index in [1.165, 1.54) is 19.4 Å². The second-order valence-electron chi connectivity index (χ2n) is 7.42. The maximum absolute atomic E-state index is 12.8. The lowest BCUT2D eigenvalue weighted by molar-refractivity contribution is -0.141. The van der Waals surface area contributed by atoms with Gasteiger partial charge in [0.25, 0.3) is 5.91 Å². The molecule has 0 radical (unpaired) electrons. The molecule has 0 atom stereocenters. The SMILES string of the molecule is CCC(C(=O)Nc1ccc(OC)nc1)=C1CCC(c2ccc(C(F)(F)F)nc2N)CC1. The fourth-order valence-corrected chi connectivity index (χ4v) is 3.92. The van der Waals surface area contributed by atoms with Crippen molar-refractivity contribution in [2.24, 2.45) is 0 Å². The van der Waals surface area contributed by atoms with Gasteiger partial charge in [-0.2, -0.15) is 13.2 Å². The number of rotatable bonds is 5. The predicted octanol–water partition coefficient (Wildman–Crippen LogP) is 5.09. The molecule has 2 aromatic rings. The van der Waals surface area contributed by atoms with Crippen LogP contribution in [-0.4, -0.2) is 23.0 Å². The van der Waals surface area contributed by atoms with Crippen molar-refractivity contribution in [3.05, 3.63) is 52.9 Å². The first kappa shape index (κ1) is 22.6. The number of carbonyl (C=O) groups is 1. The topological polar surface area (TPSA) is 90.1 Å². The van der Waals surface area contributed by atoms with Crippen LogP contribution in [0.25, 0.3) is 0 Å². The number of anilines is 2. The summed E-state index contributed by atoms with van der Waals surface area (Å²) in [6.07, 6.45) is 0.370. The monoisotopic (exact) mass is 434 g/mol. The van der Waals surface area contributed by atoms with Crippen LogP contribution in [0, 0.1) is 0 Å². The van der Waals surface area contributed by atoms with Gasteiger partial charge in [-0.15, -0.1) is 0 Å². The third kappa shape index (κ3) is 5.34. The minimum atomic E-state index is -4.52. The molecular formula is C22H25F3N4O2. The number of pyridine rings is 2. The Labute approximate surface area is 178 Å². The molecule has 9 heteroatoms. The highest BCUT2D eigenvalue weighted by Gasteiger charge is 2.33. The van der Waals surface area contributed by atoms with E-state index in [-0.39, 0.29) is 17.6 Å². The summed E-state index contributed by atoms with van der Waals surface area (Å²) in [4.78, 5) is 20.4. The van der Waals surface area contributed by atoms with Gasteiger partial charge < -0.3 is 15.8 Å². The highest BCUT2D eigenvalue weighted by molar-refractivity contribution is 6.04. The van der Waals surface area contributed by atoms with Gasteiger partial charge in [0, 0.05) is 11.6 Å². The number of halogens is 3. The number of methoxy groups -OCH3 is 1. The van der Waals surface area contributed by atoms with Crippen molar-refractivity contribution >= 4 is 17.4 Å². The van der Waals surface area contributed by atoms with Crippen LogP contribution in [0.15, 0.2) is 41.6 Å². The molecule has 0 unspecified atom stereocenters. The first-order chi connectivity index (χ1) is 14.7. The van der Waals surface area contributed by atoms with E-state index in [0.717, 1.165) is 17.2 Å². The molecule has 0 bridgehead atoms. The Morgan fingerprint density at radius 3 is 2.45 bits per heavy atom. The van der Waals surface area contributed by atoms with E-state index in [2.05, 4.69) is 15.3 Å². The fourth-order valence-electron chi connectivity index (χ4n) is 3.92. The van der Waals surface area contributed by atoms with Crippen molar-refractivity contribution in [2.75, 3.05) is 18.2 Å². The van der Waals surface area contributed by atoms with E-state index in [9.17, 15) is 18.0 Å². The van der Waals surface area contributed by atoms with Crippen LogP contribution in [-0.2, 0) is 11.0 Å². The number of ether oxygens (including phenoxy) is 1. The Morgan fingerprint density at radius 1 is 1.23 bits per heavy atom. The first-order valence-electron chi connectivity index (χ1n) is 10.1. The molecule has 2 aromatic heterocycles. The molecule has 166 valence electrons. The summed E-state index contributed by atoms with van der Waals surface area (Å²) in [5.74, 6) is 0.235. The zero-order valence-corrected chi connectivity index (χ0v) is 17.4. The Morgan fingerprint density at radius 2 is 1.94 bits per heavy atom. The lowest BCUT2D eigenvalue weighted by Gasteiger charge is -2.27. The lowest BCUT2D eigenvalue weighted by atomic mass is 9.79. The number of allylic oxidation sites excluding steroid dienone is 1. The molecule has 3 rings (SSSR count). The number of nitrogens with zero attached hydrogens (tertiary/aromatic N) is 2. The number of aromatic nitrogens is 2. The van der Waals surface area contributed by atoms with E-state index in [1.807, 2.05) is 6.92 Å². The van der Waals surface area contributed by atoms with Crippen molar-refractivity contribution in [2.45, 2.75) is 51.1 Å². The molecule has 1 saturated carbocycles. The Kier molecular flexibility index (Phi) is 6.82. The molecule has 31 heavy (non-hydrogen) atoms. The van der Waals surface area contributed by atoms with Crippen molar-refractivity contribution in [1.82, 2.24) is 9.97 Å². The van der Waals surface area contributed by atoms with Crippen LogP contribution in [0.1, 0.15) is 56.2 Å². The molecular weight excluding hydrogens is 409 g/mol. The molecule has 6 nitrogen and oxygen atoms in total. The lowest BCUT2D eigenvalue weighted by Crippen LogP contribution is -2.19. The van der Waals surface area contributed by atoms with E-state index < -0.39 is 11.9 Å². The molecule has 0 aromatic carbocycles. The Bertz CT molecular complexity index is 962. The maximum Gasteiger partial charge on any atom is 0.433 e. The molecule has 0 saturated heterocycles. The van der Waals surface area contributed by atoms with Gasteiger partial charge in [0.2, 0.25) is 5.88 Å². The Hall–Kier alpha value is -3.10. The van der Waals surface area contributed by atoms with Gasteiger partial charge in [-0.25, -0.2) is 9.97 Å². The molecule has 1 aliphatic carbocycles. The van der Waals surface area contributed by atoms with Crippen LogP contribution < -0.4 is 15.8 Å². The average molecular weight is 434 g/mol. The summed E-state index contributed by atoms with van der Waals surface area (Å²) in [6, 6.07) is 5.79. The van der Waals surface area contributed by atoms with E-state index in [0.29, 0.717) is 49.2 Å². The summed E-state index contributed by atoms with van der Waals surface area (Å²) in [5, 5.41) is 2.86.